The number of ketones is 1. The number of aromatic nitrogens is 1. The third kappa shape index (κ3) is 5.13. The number of hydrogen-bond donors (Lipinski definition) is 0. The summed E-state index contributed by atoms with van der Waals surface area (Å²) in [6, 6.07) is 10.7. The topological polar surface area (TPSA) is 66.7 Å². The van der Waals surface area contributed by atoms with Gasteiger partial charge in [-0.2, -0.15) is 0 Å². The third-order valence-electron chi connectivity index (χ3n) is 6.22. The van der Waals surface area contributed by atoms with E-state index in [0.717, 1.165) is 5.56 Å². The number of benzene rings is 2. The minimum absolute atomic E-state index is 0.0352. The zero-order chi connectivity index (χ0) is 23.5. The van der Waals surface area contributed by atoms with Gasteiger partial charge < -0.3 is 14.2 Å². The normalized spacial score (nSPS) is 13.9. The van der Waals surface area contributed by atoms with Crippen molar-refractivity contribution in [2.75, 3.05) is 31.1 Å². The van der Waals surface area contributed by atoms with Crippen LogP contribution < -0.4 is 4.90 Å². The van der Waals surface area contributed by atoms with Crippen molar-refractivity contribution in [3.8, 4) is 11.3 Å². The first kappa shape index (κ1) is 22.7. The van der Waals surface area contributed by atoms with E-state index < -0.39 is 5.82 Å². The maximum Gasteiger partial charge on any atom is 0.223 e. The number of rotatable bonds is 6. The van der Waals surface area contributed by atoms with Crippen molar-refractivity contribution in [3.63, 3.8) is 0 Å². The number of halogens is 1. The van der Waals surface area contributed by atoms with Gasteiger partial charge in [0.05, 0.1) is 11.9 Å². The van der Waals surface area contributed by atoms with Crippen LogP contribution >= 0.6 is 0 Å². The summed E-state index contributed by atoms with van der Waals surface area (Å²) >= 11 is 0. The summed E-state index contributed by atoms with van der Waals surface area (Å²) in [5.41, 5.74) is 4.21. The Hall–Kier alpha value is -3.48. The molecule has 33 heavy (non-hydrogen) atoms. The molecule has 0 bridgehead atoms. The molecule has 0 N–H and O–H groups in total. The van der Waals surface area contributed by atoms with Crippen LogP contribution in [-0.2, 0) is 11.2 Å². The number of carbonyl (C=O) groups is 2. The molecule has 6 nitrogen and oxygen atoms in total. The number of aryl methyl sites for hydroxylation is 3. The lowest BCUT2D eigenvalue weighted by molar-refractivity contribution is -0.131. The smallest absolute Gasteiger partial charge is 0.223 e. The molecule has 2 heterocycles. The Balaban J connectivity index is 1.30. The first-order valence-corrected chi connectivity index (χ1v) is 11.2. The Bertz CT molecular complexity index is 1180. The van der Waals surface area contributed by atoms with E-state index in [0.29, 0.717) is 61.9 Å². The monoisotopic (exact) mass is 449 g/mol. The molecule has 3 aromatic rings. The van der Waals surface area contributed by atoms with Gasteiger partial charge in [0, 0.05) is 50.1 Å². The van der Waals surface area contributed by atoms with Gasteiger partial charge in [0.15, 0.2) is 17.4 Å². The summed E-state index contributed by atoms with van der Waals surface area (Å²) in [5.74, 6) is 0.705. The number of oxazole rings is 1. The Morgan fingerprint density at radius 1 is 1.03 bits per heavy atom. The second-order valence-corrected chi connectivity index (χ2v) is 8.51. The first-order chi connectivity index (χ1) is 15.8. The molecule has 1 aromatic heterocycles. The minimum Gasteiger partial charge on any atom is -0.441 e. The molecule has 0 saturated carbocycles. The van der Waals surface area contributed by atoms with Crippen LogP contribution in [0.25, 0.3) is 11.3 Å². The van der Waals surface area contributed by atoms with Crippen LogP contribution in [0.4, 0.5) is 10.1 Å². The van der Waals surface area contributed by atoms with E-state index in [1.165, 1.54) is 24.1 Å². The van der Waals surface area contributed by atoms with E-state index in [2.05, 4.69) is 31.0 Å². The summed E-state index contributed by atoms with van der Waals surface area (Å²) in [4.78, 5) is 32.2. The van der Waals surface area contributed by atoms with Gasteiger partial charge in [-0.25, -0.2) is 9.37 Å². The van der Waals surface area contributed by atoms with Crippen LogP contribution in [0.2, 0.25) is 0 Å². The number of carbonyl (C=O) groups excluding carboxylic acids is 2. The Morgan fingerprint density at radius 3 is 2.45 bits per heavy atom. The molecule has 0 atom stereocenters. The van der Waals surface area contributed by atoms with Crippen LogP contribution in [0.1, 0.15) is 40.7 Å². The van der Waals surface area contributed by atoms with Crippen molar-refractivity contribution in [1.29, 1.82) is 0 Å². The van der Waals surface area contributed by atoms with E-state index in [1.54, 1.807) is 23.2 Å². The van der Waals surface area contributed by atoms with Gasteiger partial charge in [0.1, 0.15) is 5.82 Å². The Morgan fingerprint density at radius 2 is 1.79 bits per heavy atom. The number of hydrogen-bond acceptors (Lipinski definition) is 5. The maximum absolute atomic E-state index is 14.4. The Labute approximate surface area is 193 Å². The fraction of sp³-hybridized carbons (Fsp3) is 0.346. The fourth-order valence-electron chi connectivity index (χ4n) is 4.01. The van der Waals surface area contributed by atoms with Crippen LogP contribution in [0.15, 0.2) is 47.0 Å². The quantitative estimate of drug-likeness (QED) is 0.516. The van der Waals surface area contributed by atoms with Gasteiger partial charge in [-0.15, -0.1) is 0 Å². The second-order valence-electron chi connectivity index (χ2n) is 8.51. The zero-order valence-electron chi connectivity index (χ0n) is 19.2. The standard InChI is InChI=1S/C26H28FN3O3/c1-17-4-5-21(14-18(17)2)24-16-28-25(33-24)8-9-26(32)30-12-10-29(11-13-30)23-7-6-20(19(3)31)15-22(23)27/h4-7,14-16H,8-13H2,1-3H3. The molecule has 4 rings (SSSR count). The molecule has 0 unspecified atom stereocenters. The average molecular weight is 450 g/mol. The summed E-state index contributed by atoms with van der Waals surface area (Å²) in [7, 11) is 0. The summed E-state index contributed by atoms with van der Waals surface area (Å²) < 4.78 is 20.3. The molecule has 0 radical (unpaired) electrons. The first-order valence-electron chi connectivity index (χ1n) is 11.2. The molecular weight excluding hydrogens is 421 g/mol. The van der Waals surface area contributed by atoms with Crippen LogP contribution in [0, 0.1) is 19.7 Å². The lowest BCUT2D eigenvalue weighted by atomic mass is 10.1. The van der Waals surface area contributed by atoms with Crippen molar-refractivity contribution < 1.29 is 18.4 Å². The van der Waals surface area contributed by atoms with Gasteiger partial charge in [-0.3, -0.25) is 9.59 Å². The number of anilines is 1. The molecule has 0 spiro atoms. The van der Waals surface area contributed by atoms with E-state index in [4.69, 9.17) is 4.42 Å². The highest BCUT2D eigenvalue weighted by Crippen LogP contribution is 2.24. The van der Waals surface area contributed by atoms with Gasteiger partial charge in [0.25, 0.3) is 0 Å². The molecule has 0 aliphatic carbocycles. The van der Waals surface area contributed by atoms with Crippen molar-refractivity contribution in [2.24, 2.45) is 0 Å². The van der Waals surface area contributed by atoms with Gasteiger partial charge in [0.2, 0.25) is 5.91 Å². The Kier molecular flexibility index (Phi) is 6.58. The SMILES string of the molecule is CC(=O)c1ccc(N2CCN(C(=O)CCc3ncc(-c4ccc(C)c(C)c4)o3)CC2)c(F)c1. The van der Waals surface area contributed by atoms with Crippen molar-refractivity contribution in [3.05, 3.63) is 71.0 Å². The number of piperazine rings is 1. The number of nitrogens with zero attached hydrogens (tertiary/aromatic N) is 3. The lowest BCUT2D eigenvalue weighted by Crippen LogP contribution is -2.49. The summed E-state index contributed by atoms with van der Waals surface area (Å²) in [5, 5.41) is 0. The van der Waals surface area contributed by atoms with E-state index in [1.807, 2.05) is 11.0 Å². The van der Waals surface area contributed by atoms with E-state index in [9.17, 15) is 14.0 Å². The summed E-state index contributed by atoms with van der Waals surface area (Å²) in [6.07, 6.45) is 2.45. The highest BCUT2D eigenvalue weighted by atomic mass is 19.1. The molecule has 1 fully saturated rings. The molecule has 1 amide bonds. The van der Waals surface area contributed by atoms with Gasteiger partial charge in [-0.1, -0.05) is 12.1 Å². The van der Waals surface area contributed by atoms with Crippen LogP contribution in [-0.4, -0.2) is 47.8 Å². The highest BCUT2D eigenvalue weighted by Gasteiger charge is 2.23. The number of amides is 1. The molecule has 1 aliphatic heterocycles. The van der Waals surface area contributed by atoms with Crippen molar-refractivity contribution in [1.82, 2.24) is 9.88 Å². The minimum atomic E-state index is -0.411. The molecule has 1 saturated heterocycles. The lowest BCUT2D eigenvalue weighted by Gasteiger charge is -2.36. The summed E-state index contributed by atoms with van der Waals surface area (Å²) in [6.45, 7) is 7.66. The van der Waals surface area contributed by atoms with E-state index >= 15 is 0 Å². The highest BCUT2D eigenvalue weighted by molar-refractivity contribution is 5.94. The average Bonchev–Trinajstić information content (AvgIpc) is 3.28. The predicted molar refractivity (Wildman–Crippen MR) is 125 cm³/mol. The fourth-order valence-corrected chi connectivity index (χ4v) is 4.01. The molecule has 1 aliphatic rings. The third-order valence-corrected chi connectivity index (χ3v) is 6.22. The maximum atomic E-state index is 14.4. The molecule has 7 heteroatoms. The van der Waals surface area contributed by atoms with Gasteiger partial charge >= 0.3 is 0 Å². The predicted octanol–water partition coefficient (Wildman–Crippen LogP) is 4.58. The number of Topliss-reactive ketones (excluding diaryl/α,β-unsaturated/α-hetero) is 1. The molecule has 2 aromatic carbocycles. The van der Waals surface area contributed by atoms with Gasteiger partial charge in [-0.05, 0) is 56.2 Å². The van der Waals surface area contributed by atoms with E-state index in [-0.39, 0.29) is 11.7 Å². The second kappa shape index (κ2) is 9.57. The van der Waals surface area contributed by atoms with Crippen molar-refractivity contribution in [2.45, 2.75) is 33.6 Å². The zero-order valence-corrected chi connectivity index (χ0v) is 19.2. The largest absolute Gasteiger partial charge is 0.441 e. The van der Waals surface area contributed by atoms with Crippen LogP contribution in [0.3, 0.4) is 0 Å². The van der Waals surface area contributed by atoms with Crippen molar-refractivity contribution >= 4 is 17.4 Å². The van der Waals surface area contributed by atoms with Crippen LogP contribution in [0.5, 0.6) is 0 Å². The molecular formula is C26H28FN3O3. The molecule has 172 valence electrons.